The Hall–Kier alpha value is -2.61. The van der Waals surface area contributed by atoms with Crippen LogP contribution in [0.15, 0.2) is 24.7 Å². The van der Waals surface area contributed by atoms with Crippen molar-refractivity contribution in [2.45, 2.75) is 33.2 Å². The minimum atomic E-state index is -0.593. The molecule has 0 amide bonds. The van der Waals surface area contributed by atoms with Crippen LogP contribution < -0.4 is 5.32 Å². The van der Waals surface area contributed by atoms with E-state index in [0.29, 0.717) is 23.0 Å². The van der Waals surface area contributed by atoms with E-state index < -0.39 is 11.6 Å². The lowest BCUT2D eigenvalue weighted by molar-refractivity contribution is 0.234. The number of H-pyrrole nitrogens is 1. The van der Waals surface area contributed by atoms with Gasteiger partial charge in [0, 0.05) is 29.8 Å². The Morgan fingerprint density at radius 1 is 1.23 bits per heavy atom. The van der Waals surface area contributed by atoms with E-state index in [2.05, 4.69) is 25.3 Å². The number of pyridine rings is 1. The van der Waals surface area contributed by atoms with Gasteiger partial charge in [-0.3, -0.25) is 0 Å². The van der Waals surface area contributed by atoms with Crippen molar-refractivity contribution in [2.75, 3.05) is 11.9 Å². The average molecular weight is 361 g/mol. The molecule has 6 nitrogen and oxygen atoms in total. The van der Waals surface area contributed by atoms with E-state index in [0.717, 1.165) is 12.4 Å². The minimum absolute atomic E-state index is 0.0259. The molecule has 0 saturated carbocycles. The number of rotatable bonds is 5. The fraction of sp³-hybridized carbons (Fsp3) is 0.389. The van der Waals surface area contributed by atoms with Crippen LogP contribution in [-0.2, 0) is 0 Å². The Labute approximate surface area is 149 Å². The predicted molar refractivity (Wildman–Crippen MR) is 95.6 cm³/mol. The Morgan fingerprint density at radius 2 is 2.00 bits per heavy atom. The maximum absolute atomic E-state index is 14.2. The monoisotopic (exact) mass is 361 g/mol. The summed E-state index contributed by atoms with van der Waals surface area (Å²) in [6.07, 6.45) is 4.26. The van der Waals surface area contributed by atoms with Gasteiger partial charge in [0.15, 0.2) is 17.5 Å². The number of aliphatic hydroxyl groups is 1. The molecule has 3 N–H and O–H groups in total. The van der Waals surface area contributed by atoms with E-state index in [1.807, 2.05) is 20.8 Å². The van der Waals surface area contributed by atoms with Crippen molar-refractivity contribution in [3.8, 4) is 11.4 Å². The highest BCUT2D eigenvalue weighted by Gasteiger charge is 2.26. The Morgan fingerprint density at radius 3 is 2.69 bits per heavy atom. The number of nitrogens with one attached hydrogen (secondary N) is 2. The van der Waals surface area contributed by atoms with Gasteiger partial charge in [-0.25, -0.2) is 23.7 Å². The molecule has 3 heterocycles. The fourth-order valence-corrected chi connectivity index (χ4v) is 2.78. The summed E-state index contributed by atoms with van der Waals surface area (Å²) in [5.74, 6) is -0.772. The average Bonchev–Trinajstić information content (AvgIpc) is 2.98. The number of hydrogen-bond donors (Lipinski definition) is 3. The number of hydrogen-bond acceptors (Lipinski definition) is 5. The number of aromatic amines is 1. The van der Waals surface area contributed by atoms with Gasteiger partial charge in [0.2, 0.25) is 0 Å². The Kier molecular flexibility index (Phi) is 4.86. The third-order valence-corrected chi connectivity index (χ3v) is 4.26. The van der Waals surface area contributed by atoms with Crippen molar-refractivity contribution in [3.05, 3.63) is 36.3 Å². The van der Waals surface area contributed by atoms with Gasteiger partial charge < -0.3 is 15.4 Å². The van der Waals surface area contributed by atoms with E-state index >= 15 is 0 Å². The molecule has 0 aliphatic carbocycles. The summed E-state index contributed by atoms with van der Waals surface area (Å²) in [5, 5.41) is 12.9. The molecule has 0 bridgehead atoms. The van der Waals surface area contributed by atoms with Crippen molar-refractivity contribution in [1.82, 2.24) is 19.9 Å². The second kappa shape index (κ2) is 6.95. The molecule has 0 radical (unpaired) electrons. The second-order valence-corrected chi connectivity index (χ2v) is 7.22. The molecule has 0 aliphatic rings. The maximum atomic E-state index is 14.2. The predicted octanol–water partition coefficient (Wildman–Crippen LogP) is 3.51. The fourth-order valence-electron chi connectivity index (χ4n) is 2.78. The molecule has 0 saturated heterocycles. The molecule has 3 aromatic heterocycles. The van der Waals surface area contributed by atoms with Crippen molar-refractivity contribution < 1.29 is 13.9 Å². The molecule has 1 atom stereocenters. The highest BCUT2D eigenvalue weighted by molar-refractivity contribution is 5.91. The number of nitrogens with zero attached hydrogens (tertiary/aromatic N) is 3. The summed E-state index contributed by atoms with van der Waals surface area (Å²) in [4.78, 5) is 15.2. The summed E-state index contributed by atoms with van der Waals surface area (Å²) >= 11 is 0. The summed E-state index contributed by atoms with van der Waals surface area (Å²) in [5.41, 5.74) is 0.815. The first-order valence-electron chi connectivity index (χ1n) is 8.32. The first kappa shape index (κ1) is 18.2. The van der Waals surface area contributed by atoms with E-state index in [-0.39, 0.29) is 29.7 Å². The summed E-state index contributed by atoms with van der Waals surface area (Å²) < 4.78 is 27.8. The lowest BCUT2D eigenvalue weighted by Crippen LogP contribution is -2.35. The zero-order valence-corrected chi connectivity index (χ0v) is 14.8. The van der Waals surface area contributed by atoms with Crippen molar-refractivity contribution >= 4 is 16.9 Å². The molecule has 0 aromatic carbocycles. The molecule has 3 rings (SSSR count). The van der Waals surface area contributed by atoms with Crippen molar-refractivity contribution in [2.24, 2.45) is 5.41 Å². The Balaban J connectivity index is 2.00. The van der Waals surface area contributed by atoms with Gasteiger partial charge in [0.1, 0.15) is 11.5 Å². The first-order chi connectivity index (χ1) is 12.3. The van der Waals surface area contributed by atoms with Crippen LogP contribution in [0.25, 0.3) is 22.4 Å². The largest absolute Gasteiger partial charge is 0.396 e. The van der Waals surface area contributed by atoms with Crippen LogP contribution in [0.1, 0.15) is 27.2 Å². The molecular weight excluding hydrogens is 340 g/mol. The SMILES string of the molecule is CC(C)(C)C(CCO)Nc1nc(-c2c[nH]c3ncc(F)cc23)ncc1F. The molecule has 138 valence electrons. The topological polar surface area (TPSA) is 86.7 Å². The van der Waals surface area contributed by atoms with Gasteiger partial charge in [-0.2, -0.15) is 0 Å². The highest BCUT2D eigenvalue weighted by Crippen LogP contribution is 2.29. The smallest absolute Gasteiger partial charge is 0.183 e. The number of aliphatic hydroxyl groups excluding tert-OH is 1. The summed E-state index contributed by atoms with van der Waals surface area (Å²) in [6.45, 7) is 5.96. The summed E-state index contributed by atoms with van der Waals surface area (Å²) in [6, 6.07) is 1.14. The minimum Gasteiger partial charge on any atom is -0.396 e. The maximum Gasteiger partial charge on any atom is 0.183 e. The summed E-state index contributed by atoms with van der Waals surface area (Å²) in [7, 11) is 0. The second-order valence-electron chi connectivity index (χ2n) is 7.22. The number of anilines is 1. The lowest BCUT2D eigenvalue weighted by atomic mass is 9.85. The van der Waals surface area contributed by atoms with Gasteiger partial charge in [-0.05, 0) is 17.9 Å². The molecule has 0 fully saturated rings. The third-order valence-electron chi connectivity index (χ3n) is 4.26. The quantitative estimate of drug-likeness (QED) is 0.647. The van der Waals surface area contributed by atoms with E-state index in [1.54, 1.807) is 6.20 Å². The zero-order valence-electron chi connectivity index (χ0n) is 14.8. The molecule has 0 spiro atoms. The van der Waals surface area contributed by atoms with Gasteiger partial charge in [-0.1, -0.05) is 20.8 Å². The van der Waals surface area contributed by atoms with Crippen LogP contribution >= 0.6 is 0 Å². The standard InChI is InChI=1S/C18H21F2N5O/c1-18(2,3)14(4-5-26)24-17-13(20)9-23-16(25-17)12-8-22-15-11(12)6-10(19)7-21-15/h6-9,14,26H,4-5H2,1-3H3,(H,21,22)(H,23,24,25). The van der Waals surface area contributed by atoms with E-state index in [4.69, 9.17) is 0 Å². The molecule has 26 heavy (non-hydrogen) atoms. The Bertz CT molecular complexity index is 920. The van der Waals surface area contributed by atoms with Crippen LogP contribution in [0.3, 0.4) is 0 Å². The van der Waals surface area contributed by atoms with Crippen LogP contribution in [-0.4, -0.2) is 37.7 Å². The van der Waals surface area contributed by atoms with Crippen LogP contribution in [0.2, 0.25) is 0 Å². The van der Waals surface area contributed by atoms with Crippen molar-refractivity contribution in [1.29, 1.82) is 0 Å². The van der Waals surface area contributed by atoms with Crippen LogP contribution in [0.4, 0.5) is 14.6 Å². The molecule has 1 unspecified atom stereocenters. The number of fused-ring (bicyclic) bond motifs is 1. The van der Waals surface area contributed by atoms with Gasteiger partial charge in [0.25, 0.3) is 0 Å². The molecule has 0 aliphatic heterocycles. The number of aromatic nitrogens is 4. The van der Waals surface area contributed by atoms with E-state index in [1.165, 1.54) is 6.07 Å². The molecular formula is C18H21F2N5O. The van der Waals surface area contributed by atoms with E-state index in [9.17, 15) is 13.9 Å². The van der Waals surface area contributed by atoms with Gasteiger partial charge in [-0.15, -0.1) is 0 Å². The van der Waals surface area contributed by atoms with Crippen molar-refractivity contribution in [3.63, 3.8) is 0 Å². The lowest BCUT2D eigenvalue weighted by Gasteiger charge is -2.31. The normalized spacial score (nSPS) is 13.2. The van der Waals surface area contributed by atoms with Crippen LogP contribution in [0, 0.1) is 17.0 Å². The molecule has 3 aromatic rings. The van der Waals surface area contributed by atoms with Gasteiger partial charge in [0.05, 0.1) is 12.4 Å². The highest BCUT2D eigenvalue weighted by atomic mass is 19.1. The zero-order chi connectivity index (χ0) is 18.9. The molecule has 8 heteroatoms. The van der Waals surface area contributed by atoms with Crippen LogP contribution in [0.5, 0.6) is 0 Å². The number of halogens is 2. The third kappa shape index (κ3) is 3.65. The first-order valence-corrected chi connectivity index (χ1v) is 8.32. The van der Waals surface area contributed by atoms with Gasteiger partial charge >= 0.3 is 0 Å².